The number of carboxylic acids is 1. The van der Waals surface area contributed by atoms with E-state index in [4.69, 9.17) is 9.84 Å². The van der Waals surface area contributed by atoms with Crippen molar-refractivity contribution < 1.29 is 14.6 Å². The van der Waals surface area contributed by atoms with Gasteiger partial charge in [0.25, 0.3) is 0 Å². The minimum atomic E-state index is -0.908. The number of hydrogen-bond acceptors (Lipinski definition) is 4. The molecule has 0 radical (unpaired) electrons. The predicted molar refractivity (Wildman–Crippen MR) is 76.1 cm³/mol. The standard InChI is InChI=1S/C13H16O3S2/c1-9-12(4-5-16-9)18-8-11-6-10(7-17-11)2-3-13(14)15/h2-3,6-7,9,12H,4-5,8H2,1H3,(H,14,15)/b3-2+. The van der Waals surface area contributed by atoms with Crippen LogP contribution in [-0.4, -0.2) is 29.0 Å². The van der Waals surface area contributed by atoms with E-state index >= 15 is 0 Å². The molecule has 0 bridgehead atoms. The van der Waals surface area contributed by atoms with Gasteiger partial charge in [0.1, 0.15) is 0 Å². The molecule has 1 aromatic rings. The van der Waals surface area contributed by atoms with Gasteiger partial charge in [0.05, 0.1) is 6.10 Å². The van der Waals surface area contributed by atoms with E-state index in [-0.39, 0.29) is 0 Å². The van der Waals surface area contributed by atoms with Crippen LogP contribution in [0, 0.1) is 0 Å². The molecule has 2 heterocycles. The molecule has 2 unspecified atom stereocenters. The van der Waals surface area contributed by atoms with Crippen LogP contribution < -0.4 is 0 Å². The number of carbonyl (C=O) groups is 1. The van der Waals surface area contributed by atoms with Crippen molar-refractivity contribution in [1.29, 1.82) is 0 Å². The highest BCUT2D eigenvalue weighted by atomic mass is 32.2. The molecule has 1 saturated heterocycles. The highest BCUT2D eigenvalue weighted by molar-refractivity contribution is 7.99. The molecule has 0 aromatic carbocycles. The lowest BCUT2D eigenvalue weighted by Crippen LogP contribution is -2.13. The monoisotopic (exact) mass is 284 g/mol. The van der Waals surface area contributed by atoms with Crippen LogP contribution >= 0.6 is 23.1 Å². The maximum atomic E-state index is 10.4. The van der Waals surface area contributed by atoms with E-state index in [0.717, 1.165) is 24.3 Å². The van der Waals surface area contributed by atoms with Crippen molar-refractivity contribution in [2.75, 3.05) is 6.61 Å². The molecule has 3 nitrogen and oxygen atoms in total. The number of thioether (sulfide) groups is 1. The van der Waals surface area contributed by atoms with Crippen LogP contribution in [0.2, 0.25) is 0 Å². The van der Waals surface area contributed by atoms with Crippen molar-refractivity contribution >= 4 is 35.1 Å². The molecule has 1 aliphatic rings. The first-order valence-corrected chi connectivity index (χ1v) is 7.79. The van der Waals surface area contributed by atoms with Crippen molar-refractivity contribution in [2.45, 2.75) is 30.5 Å². The Labute approximate surface area is 115 Å². The van der Waals surface area contributed by atoms with E-state index in [2.05, 4.69) is 13.0 Å². The zero-order valence-corrected chi connectivity index (χ0v) is 11.8. The Morgan fingerprint density at radius 1 is 1.72 bits per heavy atom. The molecule has 0 spiro atoms. The smallest absolute Gasteiger partial charge is 0.328 e. The summed E-state index contributed by atoms with van der Waals surface area (Å²) >= 11 is 3.61. The molecule has 1 aromatic heterocycles. The summed E-state index contributed by atoms with van der Waals surface area (Å²) in [6, 6.07) is 2.05. The van der Waals surface area contributed by atoms with Crippen LogP contribution in [0.3, 0.4) is 0 Å². The number of rotatable bonds is 5. The van der Waals surface area contributed by atoms with Crippen LogP contribution in [0.1, 0.15) is 23.8 Å². The van der Waals surface area contributed by atoms with Gasteiger partial charge in [-0.25, -0.2) is 4.79 Å². The van der Waals surface area contributed by atoms with E-state index in [0.29, 0.717) is 11.4 Å². The molecule has 1 fully saturated rings. The number of hydrogen-bond donors (Lipinski definition) is 1. The van der Waals surface area contributed by atoms with Crippen molar-refractivity contribution in [1.82, 2.24) is 0 Å². The Kier molecular flexibility index (Phi) is 4.86. The Balaban J connectivity index is 1.85. The first-order chi connectivity index (χ1) is 8.65. The summed E-state index contributed by atoms with van der Waals surface area (Å²) in [5.41, 5.74) is 0.966. The van der Waals surface area contributed by atoms with E-state index in [1.807, 2.05) is 17.1 Å². The maximum absolute atomic E-state index is 10.4. The third-order valence-electron chi connectivity index (χ3n) is 2.84. The fraction of sp³-hybridized carbons (Fsp3) is 0.462. The summed E-state index contributed by atoms with van der Waals surface area (Å²) in [6.07, 6.45) is 4.28. The average Bonchev–Trinajstić information content (AvgIpc) is 2.93. The fourth-order valence-corrected chi connectivity index (χ4v) is 4.04. The molecule has 18 heavy (non-hydrogen) atoms. The third kappa shape index (κ3) is 3.86. The van der Waals surface area contributed by atoms with Crippen LogP contribution in [0.15, 0.2) is 17.5 Å². The molecular formula is C13H16O3S2. The lowest BCUT2D eigenvalue weighted by atomic mass is 10.3. The number of aliphatic carboxylic acids is 1. The van der Waals surface area contributed by atoms with Crippen molar-refractivity contribution in [3.05, 3.63) is 28.0 Å². The second kappa shape index (κ2) is 6.41. The first kappa shape index (κ1) is 13.6. The molecule has 2 atom stereocenters. The Morgan fingerprint density at radius 3 is 3.22 bits per heavy atom. The van der Waals surface area contributed by atoms with Gasteiger partial charge in [-0.3, -0.25) is 0 Å². The van der Waals surface area contributed by atoms with Gasteiger partial charge >= 0.3 is 5.97 Å². The molecule has 0 amide bonds. The number of carboxylic acid groups (broad SMARTS) is 1. The minimum absolute atomic E-state index is 0.348. The topological polar surface area (TPSA) is 46.5 Å². The lowest BCUT2D eigenvalue weighted by Gasteiger charge is -2.12. The summed E-state index contributed by atoms with van der Waals surface area (Å²) in [7, 11) is 0. The van der Waals surface area contributed by atoms with Crippen LogP contribution in [0.4, 0.5) is 0 Å². The van der Waals surface area contributed by atoms with Crippen molar-refractivity contribution in [2.24, 2.45) is 0 Å². The van der Waals surface area contributed by atoms with E-state index < -0.39 is 5.97 Å². The molecular weight excluding hydrogens is 268 g/mol. The van der Waals surface area contributed by atoms with Gasteiger partial charge in [0, 0.05) is 28.6 Å². The zero-order chi connectivity index (χ0) is 13.0. The van der Waals surface area contributed by atoms with Gasteiger partial charge in [0.2, 0.25) is 0 Å². The third-order valence-corrected chi connectivity index (χ3v) is 5.50. The van der Waals surface area contributed by atoms with Gasteiger partial charge in [-0.15, -0.1) is 11.3 Å². The Morgan fingerprint density at radius 2 is 2.56 bits per heavy atom. The van der Waals surface area contributed by atoms with Crippen LogP contribution in [0.5, 0.6) is 0 Å². The second-order valence-corrected chi connectivity index (χ2v) is 6.46. The summed E-state index contributed by atoms with van der Waals surface area (Å²) in [6.45, 7) is 3.00. The molecule has 0 saturated carbocycles. The van der Waals surface area contributed by atoms with Crippen LogP contribution in [0.25, 0.3) is 6.08 Å². The SMILES string of the molecule is CC1OCCC1SCc1cc(/C=C/C(=O)O)cs1. The summed E-state index contributed by atoms with van der Waals surface area (Å²) in [4.78, 5) is 11.7. The largest absolute Gasteiger partial charge is 0.478 e. The summed E-state index contributed by atoms with van der Waals surface area (Å²) in [5.74, 6) is 0.0679. The van der Waals surface area contributed by atoms with Gasteiger partial charge in [0.15, 0.2) is 0 Å². The zero-order valence-electron chi connectivity index (χ0n) is 10.2. The first-order valence-electron chi connectivity index (χ1n) is 5.87. The Hall–Kier alpha value is -0.780. The van der Waals surface area contributed by atoms with E-state index in [9.17, 15) is 4.79 Å². The molecule has 98 valence electrons. The Bertz CT molecular complexity index is 439. The summed E-state index contributed by atoms with van der Waals surface area (Å²) in [5, 5.41) is 11.1. The normalized spacial score (nSPS) is 23.8. The lowest BCUT2D eigenvalue weighted by molar-refractivity contribution is -0.131. The highest BCUT2D eigenvalue weighted by Gasteiger charge is 2.24. The predicted octanol–water partition coefficient (Wildman–Crippen LogP) is 3.26. The van der Waals surface area contributed by atoms with Gasteiger partial charge in [-0.05, 0) is 36.4 Å². The van der Waals surface area contributed by atoms with Crippen molar-refractivity contribution in [3.8, 4) is 0 Å². The molecule has 2 rings (SSSR count). The van der Waals surface area contributed by atoms with Gasteiger partial charge < -0.3 is 9.84 Å². The summed E-state index contributed by atoms with van der Waals surface area (Å²) < 4.78 is 5.53. The average molecular weight is 284 g/mol. The van der Waals surface area contributed by atoms with Crippen molar-refractivity contribution in [3.63, 3.8) is 0 Å². The molecule has 1 N–H and O–H groups in total. The second-order valence-electron chi connectivity index (χ2n) is 4.23. The maximum Gasteiger partial charge on any atom is 0.328 e. The fourth-order valence-electron chi connectivity index (χ4n) is 1.85. The quantitative estimate of drug-likeness (QED) is 0.843. The number of thiophene rings is 1. The van der Waals surface area contributed by atoms with Crippen LogP contribution in [-0.2, 0) is 15.3 Å². The van der Waals surface area contributed by atoms with E-state index in [1.165, 1.54) is 11.0 Å². The number of ether oxygens (including phenoxy) is 1. The highest BCUT2D eigenvalue weighted by Crippen LogP contribution is 2.30. The molecule has 0 aliphatic carbocycles. The molecule has 5 heteroatoms. The van der Waals surface area contributed by atoms with Gasteiger partial charge in [-0.2, -0.15) is 11.8 Å². The molecule has 1 aliphatic heterocycles. The minimum Gasteiger partial charge on any atom is -0.478 e. The van der Waals surface area contributed by atoms with E-state index in [1.54, 1.807) is 17.4 Å². The van der Waals surface area contributed by atoms with Gasteiger partial charge in [-0.1, -0.05) is 0 Å².